The number of carbonyl (C=O) groups is 1. The van der Waals surface area contributed by atoms with E-state index in [-0.39, 0.29) is 10.4 Å². The van der Waals surface area contributed by atoms with Crippen LogP contribution < -0.4 is 4.90 Å². The topological polar surface area (TPSA) is 83.7 Å². The Balaban J connectivity index is 2.47. The van der Waals surface area contributed by atoms with Crippen LogP contribution in [0.25, 0.3) is 0 Å². The van der Waals surface area contributed by atoms with E-state index in [0.717, 1.165) is 11.8 Å². The minimum atomic E-state index is -1.44. The Hall–Kier alpha value is -1.83. The van der Waals surface area contributed by atoms with Crippen LogP contribution in [0.2, 0.25) is 0 Å². The number of nitro groups is 1. The van der Waals surface area contributed by atoms with Crippen LogP contribution in [-0.2, 0) is 0 Å². The first-order valence-electron chi connectivity index (χ1n) is 6.31. The number of carboxylic acids is 1. The molecule has 0 aliphatic carbocycles. The number of nitro benzene ring substituents is 1. The molecule has 0 amide bonds. The average molecular weight is 314 g/mol. The van der Waals surface area contributed by atoms with E-state index >= 15 is 0 Å². The second-order valence-electron chi connectivity index (χ2n) is 5.41. The first-order chi connectivity index (χ1) is 9.71. The highest BCUT2D eigenvalue weighted by atomic mass is 32.2. The number of halogens is 1. The molecule has 0 aromatic heterocycles. The Labute approximate surface area is 125 Å². The lowest BCUT2D eigenvalue weighted by Gasteiger charge is -2.39. The van der Waals surface area contributed by atoms with Gasteiger partial charge >= 0.3 is 5.97 Å². The zero-order chi connectivity index (χ0) is 15.8. The van der Waals surface area contributed by atoms with Gasteiger partial charge < -0.3 is 10.0 Å². The number of aromatic carboxylic acids is 1. The van der Waals surface area contributed by atoms with Crippen molar-refractivity contribution >= 4 is 29.1 Å². The van der Waals surface area contributed by atoms with Crippen LogP contribution in [0.3, 0.4) is 0 Å². The van der Waals surface area contributed by atoms with Gasteiger partial charge in [-0.25, -0.2) is 9.18 Å². The van der Waals surface area contributed by atoms with Gasteiger partial charge in [-0.2, -0.15) is 11.8 Å². The Kier molecular flexibility index (Phi) is 4.08. The quantitative estimate of drug-likeness (QED) is 0.682. The van der Waals surface area contributed by atoms with Crippen LogP contribution in [0.1, 0.15) is 24.2 Å². The molecule has 1 heterocycles. The first-order valence-corrected chi connectivity index (χ1v) is 7.30. The standard InChI is InChI=1S/C13H15FN2O4S/c1-13(2)7-15(3-4-21-13)11-5-8(12(17)18)10(16(19)20)6-9(11)14/h5-6H,3-4,7H2,1-2H3,(H,17,18). The molecule has 1 aromatic carbocycles. The van der Waals surface area contributed by atoms with Crippen molar-refractivity contribution in [3.8, 4) is 0 Å². The Morgan fingerprint density at radius 2 is 2.19 bits per heavy atom. The highest BCUT2D eigenvalue weighted by molar-refractivity contribution is 8.00. The molecule has 0 spiro atoms. The van der Waals surface area contributed by atoms with E-state index in [1.165, 1.54) is 0 Å². The van der Waals surface area contributed by atoms with Crippen LogP contribution in [-0.4, -0.2) is 39.6 Å². The summed E-state index contributed by atoms with van der Waals surface area (Å²) in [6, 6.07) is 1.75. The van der Waals surface area contributed by atoms with Gasteiger partial charge in [-0.1, -0.05) is 0 Å². The van der Waals surface area contributed by atoms with Crippen molar-refractivity contribution < 1.29 is 19.2 Å². The van der Waals surface area contributed by atoms with Crippen LogP contribution in [0.5, 0.6) is 0 Å². The molecule has 6 nitrogen and oxygen atoms in total. The SMILES string of the molecule is CC1(C)CN(c2cc(C(=O)O)c([N+](=O)[O-])cc2F)CCS1. The lowest BCUT2D eigenvalue weighted by molar-refractivity contribution is -0.385. The molecule has 0 radical (unpaired) electrons. The Morgan fingerprint density at radius 1 is 1.52 bits per heavy atom. The van der Waals surface area contributed by atoms with Crippen molar-refractivity contribution in [1.82, 2.24) is 0 Å². The number of nitrogens with zero attached hydrogens (tertiary/aromatic N) is 2. The van der Waals surface area contributed by atoms with Crippen molar-refractivity contribution in [2.45, 2.75) is 18.6 Å². The molecule has 1 saturated heterocycles. The molecule has 1 aromatic rings. The van der Waals surface area contributed by atoms with Crippen LogP contribution >= 0.6 is 11.8 Å². The second kappa shape index (κ2) is 5.51. The van der Waals surface area contributed by atoms with E-state index < -0.39 is 28.0 Å². The highest BCUT2D eigenvalue weighted by Crippen LogP contribution is 2.35. The predicted octanol–water partition coefficient (Wildman–Crippen LogP) is 2.76. The molecule has 0 unspecified atom stereocenters. The Bertz CT molecular complexity index is 606. The molecule has 0 bridgehead atoms. The smallest absolute Gasteiger partial charge is 0.342 e. The summed E-state index contributed by atoms with van der Waals surface area (Å²) in [4.78, 5) is 22.8. The van der Waals surface area contributed by atoms with Crippen LogP contribution in [0.4, 0.5) is 15.8 Å². The fourth-order valence-electron chi connectivity index (χ4n) is 2.34. The molecule has 1 fully saturated rings. The van der Waals surface area contributed by atoms with Gasteiger partial charge in [-0.3, -0.25) is 10.1 Å². The molecule has 8 heteroatoms. The zero-order valence-electron chi connectivity index (χ0n) is 11.6. The minimum Gasteiger partial charge on any atom is -0.477 e. The summed E-state index contributed by atoms with van der Waals surface area (Å²) in [5.41, 5.74) is -1.12. The van der Waals surface area contributed by atoms with Crippen molar-refractivity contribution in [3.63, 3.8) is 0 Å². The first kappa shape index (κ1) is 15.6. The number of anilines is 1. The molecule has 1 aliphatic heterocycles. The second-order valence-corrected chi connectivity index (χ2v) is 7.21. The summed E-state index contributed by atoms with van der Waals surface area (Å²) in [5, 5.41) is 19.9. The number of rotatable bonds is 3. The fourth-order valence-corrected chi connectivity index (χ4v) is 3.45. The summed E-state index contributed by atoms with van der Waals surface area (Å²) in [6.07, 6.45) is 0. The number of hydrogen-bond acceptors (Lipinski definition) is 5. The van der Waals surface area contributed by atoms with E-state index in [2.05, 4.69) is 0 Å². The van der Waals surface area contributed by atoms with Gasteiger partial charge in [0.25, 0.3) is 5.69 Å². The number of benzene rings is 1. The van der Waals surface area contributed by atoms with E-state index in [1.807, 2.05) is 13.8 Å². The molecule has 0 atom stereocenters. The maximum atomic E-state index is 14.1. The number of hydrogen-bond donors (Lipinski definition) is 1. The third kappa shape index (κ3) is 3.26. The van der Waals surface area contributed by atoms with Gasteiger partial charge in [-0.05, 0) is 19.9 Å². The summed E-state index contributed by atoms with van der Waals surface area (Å²) in [5.74, 6) is -1.42. The van der Waals surface area contributed by atoms with Crippen molar-refractivity contribution in [1.29, 1.82) is 0 Å². The minimum absolute atomic E-state index is 0.0874. The highest BCUT2D eigenvalue weighted by Gasteiger charge is 2.31. The van der Waals surface area contributed by atoms with Gasteiger partial charge in [0, 0.05) is 23.6 Å². The largest absolute Gasteiger partial charge is 0.477 e. The van der Waals surface area contributed by atoms with Crippen LogP contribution in [0, 0.1) is 15.9 Å². The fraction of sp³-hybridized carbons (Fsp3) is 0.462. The van der Waals surface area contributed by atoms with Gasteiger partial charge in [-0.15, -0.1) is 0 Å². The van der Waals surface area contributed by atoms with E-state index in [0.29, 0.717) is 19.2 Å². The molecule has 21 heavy (non-hydrogen) atoms. The van der Waals surface area contributed by atoms with Gasteiger partial charge in [0.05, 0.1) is 16.7 Å². The van der Waals surface area contributed by atoms with E-state index in [1.54, 1.807) is 16.7 Å². The average Bonchev–Trinajstić information content (AvgIpc) is 2.36. The molecule has 1 aliphatic rings. The lowest BCUT2D eigenvalue weighted by atomic mass is 10.1. The predicted molar refractivity (Wildman–Crippen MR) is 78.8 cm³/mol. The zero-order valence-corrected chi connectivity index (χ0v) is 12.4. The van der Waals surface area contributed by atoms with Gasteiger partial charge in [0.1, 0.15) is 5.56 Å². The van der Waals surface area contributed by atoms with E-state index in [4.69, 9.17) is 5.11 Å². The van der Waals surface area contributed by atoms with Crippen molar-refractivity contribution in [3.05, 3.63) is 33.6 Å². The summed E-state index contributed by atoms with van der Waals surface area (Å²) in [7, 11) is 0. The Morgan fingerprint density at radius 3 is 2.71 bits per heavy atom. The van der Waals surface area contributed by atoms with E-state index in [9.17, 15) is 19.3 Å². The molecular weight excluding hydrogens is 299 g/mol. The number of carboxylic acid groups (broad SMARTS) is 1. The van der Waals surface area contributed by atoms with Gasteiger partial charge in [0.15, 0.2) is 5.82 Å². The third-order valence-corrected chi connectivity index (χ3v) is 4.56. The number of thioether (sulfide) groups is 1. The molecule has 0 saturated carbocycles. The normalized spacial score (nSPS) is 17.6. The molecular formula is C13H15FN2O4S. The maximum Gasteiger partial charge on any atom is 0.342 e. The molecule has 2 rings (SSSR count). The third-order valence-electron chi connectivity index (χ3n) is 3.26. The summed E-state index contributed by atoms with van der Waals surface area (Å²) < 4.78 is 14.1. The van der Waals surface area contributed by atoms with Crippen molar-refractivity contribution in [2.75, 3.05) is 23.7 Å². The lowest BCUT2D eigenvalue weighted by Crippen LogP contribution is -2.43. The van der Waals surface area contributed by atoms with Gasteiger partial charge in [0.2, 0.25) is 0 Å². The maximum absolute atomic E-state index is 14.1. The summed E-state index contributed by atoms with van der Waals surface area (Å²) >= 11 is 1.75. The van der Waals surface area contributed by atoms with Crippen LogP contribution in [0.15, 0.2) is 12.1 Å². The summed E-state index contributed by atoms with van der Waals surface area (Å²) in [6.45, 7) is 5.16. The van der Waals surface area contributed by atoms with Crippen molar-refractivity contribution in [2.24, 2.45) is 0 Å². The molecule has 1 N–H and O–H groups in total. The monoisotopic (exact) mass is 314 g/mol. The molecule has 114 valence electrons.